The Labute approximate surface area is 180 Å². The fourth-order valence-corrected chi connectivity index (χ4v) is 3.73. The number of nitrogens with zero attached hydrogens (tertiary/aromatic N) is 1. The highest BCUT2D eigenvalue weighted by molar-refractivity contribution is 9.10. The van der Waals surface area contributed by atoms with Crippen molar-refractivity contribution in [1.29, 1.82) is 0 Å². The quantitative estimate of drug-likeness (QED) is 0.578. The topological polar surface area (TPSA) is 60.0 Å². The molecule has 0 aliphatic carbocycles. The van der Waals surface area contributed by atoms with Crippen LogP contribution in [0.4, 0.5) is 0 Å². The van der Waals surface area contributed by atoms with Crippen LogP contribution in [0.25, 0.3) is 0 Å². The second-order valence-electron chi connectivity index (χ2n) is 6.72. The lowest BCUT2D eigenvalue weighted by Gasteiger charge is -2.33. The molecule has 1 aliphatic rings. The Balaban J connectivity index is 1.37. The number of morpholine rings is 1. The summed E-state index contributed by atoms with van der Waals surface area (Å²) < 4.78 is 18.0. The molecule has 0 aromatic heterocycles. The SMILES string of the molecule is CCOc1ccc(OCCNC(=O)CN2CCOC(c3ccccc3Br)C2)cc1. The number of benzene rings is 2. The second kappa shape index (κ2) is 11.2. The highest BCUT2D eigenvalue weighted by atomic mass is 79.9. The third-order valence-corrected chi connectivity index (χ3v) is 5.32. The molecule has 2 aromatic carbocycles. The number of halogens is 1. The molecule has 0 spiro atoms. The van der Waals surface area contributed by atoms with E-state index in [1.165, 1.54) is 0 Å². The van der Waals surface area contributed by atoms with Crippen molar-refractivity contribution in [2.24, 2.45) is 0 Å². The van der Waals surface area contributed by atoms with Crippen LogP contribution in [0.2, 0.25) is 0 Å². The van der Waals surface area contributed by atoms with Crippen molar-refractivity contribution in [3.8, 4) is 11.5 Å². The van der Waals surface area contributed by atoms with Gasteiger partial charge in [0.2, 0.25) is 5.91 Å². The van der Waals surface area contributed by atoms with Crippen LogP contribution in [0.5, 0.6) is 11.5 Å². The highest BCUT2D eigenvalue weighted by Gasteiger charge is 2.24. The van der Waals surface area contributed by atoms with Crippen molar-refractivity contribution >= 4 is 21.8 Å². The average Bonchev–Trinajstić information content (AvgIpc) is 2.73. The second-order valence-corrected chi connectivity index (χ2v) is 7.57. The van der Waals surface area contributed by atoms with Gasteiger partial charge in [-0.15, -0.1) is 0 Å². The first kappa shape index (κ1) is 21.6. The lowest BCUT2D eigenvalue weighted by atomic mass is 10.1. The van der Waals surface area contributed by atoms with E-state index < -0.39 is 0 Å². The van der Waals surface area contributed by atoms with Gasteiger partial charge in [0.25, 0.3) is 0 Å². The Kier molecular flexibility index (Phi) is 8.34. The van der Waals surface area contributed by atoms with Gasteiger partial charge in [0.15, 0.2) is 0 Å². The summed E-state index contributed by atoms with van der Waals surface area (Å²) >= 11 is 3.58. The number of ether oxygens (including phenoxy) is 3. The van der Waals surface area contributed by atoms with Crippen molar-refractivity contribution in [3.63, 3.8) is 0 Å². The van der Waals surface area contributed by atoms with E-state index in [2.05, 4.69) is 32.2 Å². The molecule has 2 aromatic rings. The summed E-state index contributed by atoms with van der Waals surface area (Å²) in [7, 11) is 0. The van der Waals surface area contributed by atoms with Gasteiger partial charge in [-0.1, -0.05) is 34.1 Å². The minimum atomic E-state index is -0.0323. The van der Waals surface area contributed by atoms with E-state index in [4.69, 9.17) is 14.2 Å². The minimum absolute atomic E-state index is 0.00642. The van der Waals surface area contributed by atoms with Gasteiger partial charge in [-0.2, -0.15) is 0 Å². The summed E-state index contributed by atoms with van der Waals surface area (Å²) in [6.45, 7) is 5.87. The van der Waals surface area contributed by atoms with Gasteiger partial charge >= 0.3 is 0 Å². The van der Waals surface area contributed by atoms with Crippen LogP contribution in [0, 0.1) is 0 Å². The molecule has 7 heteroatoms. The van der Waals surface area contributed by atoms with Gasteiger partial charge in [-0.25, -0.2) is 0 Å². The van der Waals surface area contributed by atoms with Crippen LogP contribution in [0.1, 0.15) is 18.6 Å². The third kappa shape index (κ3) is 6.73. The van der Waals surface area contributed by atoms with Crippen LogP contribution >= 0.6 is 15.9 Å². The average molecular weight is 463 g/mol. The summed E-state index contributed by atoms with van der Waals surface area (Å²) in [6, 6.07) is 15.5. The number of carbonyl (C=O) groups is 1. The molecule has 1 heterocycles. The number of hydrogen-bond donors (Lipinski definition) is 1. The van der Waals surface area contributed by atoms with Crippen molar-refractivity contribution in [1.82, 2.24) is 10.2 Å². The molecule has 1 saturated heterocycles. The molecule has 0 radical (unpaired) electrons. The first-order chi connectivity index (χ1) is 14.2. The lowest BCUT2D eigenvalue weighted by molar-refractivity contribution is -0.124. The van der Waals surface area contributed by atoms with E-state index in [0.29, 0.717) is 39.5 Å². The smallest absolute Gasteiger partial charge is 0.234 e. The van der Waals surface area contributed by atoms with Crippen LogP contribution < -0.4 is 14.8 Å². The highest BCUT2D eigenvalue weighted by Crippen LogP contribution is 2.28. The molecule has 1 unspecified atom stereocenters. The van der Waals surface area contributed by atoms with Crippen molar-refractivity contribution < 1.29 is 19.0 Å². The molecule has 1 atom stereocenters. The first-order valence-electron chi connectivity index (χ1n) is 9.86. The van der Waals surface area contributed by atoms with Gasteiger partial charge in [0.05, 0.1) is 32.4 Å². The zero-order chi connectivity index (χ0) is 20.5. The maximum Gasteiger partial charge on any atom is 0.234 e. The predicted octanol–water partition coefficient (Wildman–Crippen LogP) is 3.42. The molecular weight excluding hydrogens is 436 g/mol. The summed E-state index contributed by atoms with van der Waals surface area (Å²) in [5, 5.41) is 2.92. The largest absolute Gasteiger partial charge is 0.494 e. The maximum absolute atomic E-state index is 12.3. The van der Waals surface area contributed by atoms with Crippen LogP contribution in [0.15, 0.2) is 53.0 Å². The molecule has 29 heavy (non-hydrogen) atoms. The Bertz CT molecular complexity index is 785. The number of nitrogens with one attached hydrogen (secondary N) is 1. The lowest BCUT2D eigenvalue weighted by Crippen LogP contribution is -2.44. The monoisotopic (exact) mass is 462 g/mol. The van der Waals surface area contributed by atoms with E-state index in [1.807, 2.05) is 49.4 Å². The van der Waals surface area contributed by atoms with Gasteiger partial charge < -0.3 is 19.5 Å². The van der Waals surface area contributed by atoms with Crippen molar-refractivity contribution in [2.75, 3.05) is 46.0 Å². The molecular formula is C22H27BrN2O4. The third-order valence-electron chi connectivity index (χ3n) is 4.60. The zero-order valence-corrected chi connectivity index (χ0v) is 18.2. The Morgan fingerprint density at radius 3 is 2.62 bits per heavy atom. The maximum atomic E-state index is 12.3. The summed E-state index contributed by atoms with van der Waals surface area (Å²) in [5.74, 6) is 1.57. The summed E-state index contributed by atoms with van der Waals surface area (Å²) in [4.78, 5) is 14.4. The molecule has 0 bridgehead atoms. The summed E-state index contributed by atoms with van der Waals surface area (Å²) in [6.07, 6.45) is -0.0323. The summed E-state index contributed by atoms with van der Waals surface area (Å²) in [5.41, 5.74) is 1.11. The standard InChI is InChI=1S/C22H27BrN2O4/c1-2-27-17-7-9-18(10-8-17)28-13-11-24-22(26)16-25-12-14-29-21(15-25)19-5-3-4-6-20(19)23/h3-10,21H,2,11-16H2,1H3,(H,24,26). The normalized spacial score (nSPS) is 17.0. The van der Waals surface area contributed by atoms with Crippen molar-refractivity contribution in [3.05, 3.63) is 58.6 Å². The zero-order valence-electron chi connectivity index (χ0n) is 16.6. The number of amides is 1. The van der Waals surface area contributed by atoms with Crippen LogP contribution in [-0.4, -0.2) is 56.8 Å². The number of carbonyl (C=O) groups excluding carboxylic acids is 1. The van der Waals surface area contributed by atoms with E-state index in [-0.39, 0.29) is 12.0 Å². The van der Waals surface area contributed by atoms with Crippen LogP contribution in [-0.2, 0) is 9.53 Å². The fraction of sp³-hybridized carbons (Fsp3) is 0.409. The Hall–Kier alpha value is -2.09. The molecule has 0 saturated carbocycles. The fourth-order valence-electron chi connectivity index (χ4n) is 3.19. The van der Waals surface area contributed by atoms with E-state index in [9.17, 15) is 4.79 Å². The molecule has 1 fully saturated rings. The van der Waals surface area contributed by atoms with Gasteiger partial charge in [0, 0.05) is 17.6 Å². The van der Waals surface area contributed by atoms with Gasteiger partial charge in [-0.3, -0.25) is 9.69 Å². The minimum Gasteiger partial charge on any atom is -0.494 e. The number of rotatable bonds is 9. The first-order valence-corrected chi connectivity index (χ1v) is 10.7. The Morgan fingerprint density at radius 1 is 1.17 bits per heavy atom. The van der Waals surface area contributed by atoms with E-state index >= 15 is 0 Å². The van der Waals surface area contributed by atoms with Crippen molar-refractivity contribution in [2.45, 2.75) is 13.0 Å². The molecule has 1 amide bonds. The predicted molar refractivity (Wildman–Crippen MR) is 115 cm³/mol. The van der Waals surface area contributed by atoms with Gasteiger partial charge in [0.1, 0.15) is 18.1 Å². The molecule has 156 valence electrons. The number of hydrogen-bond acceptors (Lipinski definition) is 5. The van der Waals surface area contributed by atoms with Gasteiger partial charge in [-0.05, 0) is 42.8 Å². The molecule has 3 rings (SSSR count). The van der Waals surface area contributed by atoms with E-state index in [0.717, 1.165) is 28.1 Å². The molecule has 1 aliphatic heterocycles. The van der Waals surface area contributed by atoms with Crippen LogP contribution in [0.3, 0.4) is 0 Å². The molecule has 6 nitrogen and oxygen atoms in total. The van der Waals surface area contributed by atoms with E-state index in [1.54, 1.807) is 0 Å². The molecule has 1 N–H and O–H groups in total. The Morgan fingerprint density at radius 2 is 1.90 bits per heavy atom.